The monoisotopic (exact) mass is 290 g/mol. The first-order valence-electron chi connectivity index (χ1n) is 5.19. The number of carbonyl (C=O) groups is 1. The Labute approximate surface area is 108 Å². The van der Waals surface area contributed by atoms with Crippen LogP contribution in [0.1, 0.15) is 15.9 Å². The molecule has 0 unspecified atom stereocenters. The van der Waals surface area contributed by atoms with E-state index in [0.29, 0.717) is 11.3 Å². The Hall–Kier alpha value is -1.61. The Kier molecular flexibility index (Phi) is 3.59. The van der Waals surface area contributed by atoms with Crippen LogP contribution in [-0.4, -0.2) is 6.29 Å². The van der Waals surface area contributed by atoms with Crippen molar-refractivity contribution in [3.05, 3.63) is 58.1 Å². The van der Waals surface area contributed by atoms with Gasteiger partial charge in [0.2, 0.25) is 0 Å². The molecule has 0 aliphatic heterocycles. The molecule has 0 saturated heterocycles. The van der Waals surface area contributed by atoms with Gasteiger partial charge in [0.25, 0.3) is 0 Å². The third-order valence-corrected chi connectivity index (χ3v) is 2.91. The number of hydrogen-bond donors (Lipinski definition) is 0. The van der Waals surface area contributed by atoms with Crippen LogP contribution in [0.25, 0.3) is 0 Å². The Morgan fingerprint density at radius 2 is 1.88 bits per heavy atom. The quantitative estimate of drug-likeness (QED) is 0.785. The van der Waals surface area contributed by atoms with E-state index in [2.05, 4.69) is 15.9 Å². The van der Waals surface area contributed by atoms with Gasteiger partial charge in [-0.05, 0) is 36.8 Å². The van der Waals surface area contributed by atoms with Gasteiger partial charge in [-0.1, -0.05) is 34.1 Å². The molecule has 0 saturated carbocycles. The van der Waals surface area contributed by atoms with Crippen LogP contribution in [0.4, 0.5) is 0 Å². The highest BCUT2D eigenvalue weighted by atomic mass is 79.9. The molecule has 0 atom stereocenters. The number of rotatable bonds is 3. The summed E-state index contributed by atoms with van der Waals surface area (Å²) in [5, 5.41) is 0. The normalized spacial score (nSPS) is 10.0. The molecule has 0 aliphatic rings. The van der Waals surface area contributed by atoms with Gasteiger partial charge in [-0.2, -0.15) is 0 Å². The summed E-state index contributed by atoms with van der Waals surface area (Å²) in [5.74, 6) is 1.32. The predicted octanol–water partition coefficient (Wildman–Crippen LogP) is 4.36. The van der Waals surface area contributed by atoms with E-state index in [1.54, 1.807) is 12.1 Å². The van der Waals surface area contributed by atoms with Gasteiger partial charge in [-0.3, -0.25) is 4.79 Å². The number of para-hydroxylation sites is 1. The molecule has 86 valence electrons. The van der Waals surface area contributed by atoms with Gasteiger partial charge in [-0.15, -0.1) is 0 Å². The maximum absolute atomic E-state index is 10.9. The lowest BCUT2D eigenvalue weighted by Crippen LogP contribution is -1.91. The first kappa shape index (κ1) is 11.9. The van der Waals surface area contributed by atoms with Crippen molar-refractivity contribution in [2.24, 2.45) is 0 Å². The van der Waals surface area contributed by atoms with E-state index < -0.39 is 0 Å². The van der Waals surface area contributed by atoms with Crippen LogP contribution in [-0.2, 0) is 0 Å². The fraction of sp³-hybridized carbons (Fsp3) is 0.0714. The van der Waals surface area contributed by atoms with Crippen LogP contribution in [0.15, 0.2) is 46.9 Å². The highest BCUT2D eigenvalue weighted by molar-refractivity contribution is 9.10. The highest BCUT2D eigenvalue weighted by Gasteiger charge is 2.05. The number of carbonyl (C=O) groups excluding carboxylic acids is 1. The van der Waals surface area contributed by atoms with Crippen molar-refractivity contribution in [1.82, 2.24) is 0 Å². The van der Waals surface area contributed by atoms with E-state index in [1.165, 1.54) is 0 Å². The van der Waals surface area contributed by atoms with Gasteiger partial charge in [0, 0.05) is 4.47 Å². The standard InChI is InChI=1S/C14H11BrO2/c1-10-6-7-12(15)8-14(10)17-13-5-3-2-4-11(13)9-16/h2-9H,1H3. The van der Waals surface area contributed by atoms with Crippen molar-refractivity contribution in [2.45, 2.75) is 6.92 Å². The minimum atomic E-state index is 0.548. The highest BCUT2D eigenvalue weighted by Crippen LogP contribution is 2.29. The first-order chi connectivity index (χ1) is 8.20. The lowest BCUT2D eigenvalue weighted by molar-refractivity contribution is 0.112. The molecule has 2 nitrogen and oxygen atoms in total. The Morgan fingerprint density at radius 1 is 1.12 bits per heavy atom. The molecule has 0 N–H and O–H groups in total. The summed E-state index contributed by atoms with van der Waals surface area (Å²) in [5.41, 5.74) is 1.57. The van der Waals surface area contributed by atoms with Gasteiger partial charge < -0.3 is 4.74 Å². The van der Waals surface area contributed by atoms with Gasteiger partial charge in [0.15, 0.2) is 6.29 Å². The van der Waals surface area contributed by atoms with E-state index in [4.69, 9.17) is 4.74 Å². The van der Waals surface area contributed by atoms with Crippen LogP contribution in [0, 0.1) is 6.92 Å². The minimum Gasteiger partial charge on any atom is -0.456 e. The van der Waals surface area contributed by atoms with Gasteiger partial charge in [0.1, 0.15) is 11.5 Å². The van der Waals surface area contributed by atoms with Gasteiger partial charge in [0.05, 0.1) is 5.56 Å². The van der Waals surface area contributed by atoms with Gasteiger partial charge >= 0.3 is 0 Å². The number of ether oxygens (including phenoxy) is 1. The van der Waals surface area contributed by atoms with Crippen LogP contribution in [0.2, 0.25) is 0 Å². The van der Waals surface area contributed by atoms with Crippen molar-refractivity contribution in [3.8, 4) is 11.5 Å². The zero-order valence-corrected chi connectivity index (χ0v) is 10.9. The van der Waals surface area contributed by atoms with E-state index in [0.717, 1.165) is 22.1 Å². The van der Waals surface area contributed by atoms with E-state index in [-0.39, 0.29) is 0 Å². The summed E-state index contributed by atoms with van der Waals surface area (Å²) in [6, 6.07) is 13.0. The maximum Gasteiger partial charge on any atom is 0.153 e. The molecule has 0 bridgehead atoms. The number of halogens is 1. The fourth-order valence-corrected chi connectivity index (χ4v) is 1.81. The molecule has 0 amide bonds. The molecule has 0 aliphatic carbocycles. The number of aldehydes is 1. The Balaban J connectivity index is 2.37. The lowest BCUT2D eigenvalue weighted by atomic mass is 10.2. The van der Waals surface area contributed by atoms with E-state index in [1.807, 2.05) is 37.3 Å². The summed E-state index contributed by atoms with van der Waals surface area (Å²) < 4.78 is 6.70. The second-order valence-corrected chi connectivity index (χ2v) is 4.58. The summed E-state index contributed by atoms with van der Waals surface area (Å²) in [6.07, 6.45) is 0.794. The molecule has 17 heavy (non-hydrogen) atoms. The molecule has 2 rings (SSSR count). The molecule has 0 spiro atoms. The van der Waals surface area contributed by atoms with Crippen LogP contribution < -0.4 is 4.74 Å². The number of benzene rings is 2. The fourth-order valence-electron chi connectivity index (χ4n) is 1.47. The second-order valence-electron chi connectivity index (χ2n) is 3.67. The van der Waals surface area contributed by atoms with Crippen LogP contribution in [0.3, 0.4) is 0 Å². The summed E-state index contributed by atoms with van der Waals surface area (Å²) >= 11 is 3.40. The third-order valence-electron chi connectivity index (χ3n) is 2.42. The van der Waals surface area contributed by atoms with E-state index >= 15 is 0 Å². The average Bonchev–Trinajstić information content (AvgIpc) is 2.34. The predicted molar refractivity (Wildman–Crippen MR) is 70.8 cm³/mol. The lowest BCUT2D eigenvalue weighted by Gasteiger charge is -2.10. The summed E-state index contributed by atoms with van der Waals surface area (Å²) in [4.78, 5) is 10.9. The van der Waals surface area contributed by atoms with Crippen molar-refractivity contribution in [3.63, 3.8) is 0 Å². The zero-order chi connectivity index (χ0) is 12.3. The molecular weight excluding hydrogens is 280 g/mol. The van der Waals surface area contributed by atoms with E-state index in [9.17, 15) is 4.79 Å². The molecule has 0 heterocycles. The summed E-state index contributed by atoms with van der Waals surface area (Å²) in [7, 11) is 0. The largest absolute Gasteiger partial charge is 0.456 e. The topological polar surface area (TPSA) is 26.3 Å². The average molecular weight is 291 g/mol. The molecule has 2 aromatic carbocycles. The van der Waals surface area contributed by atoms with Gasteiger partial charge in [-0.25, -0.2) is 0 Å². The molecule has 2 aromatic rings. The summed E-state index contributed by atoms with van der Waals surface area (Å²) in [6.45, 7) is 1.96. The maximum atomic E-state index is 10.9. The van der Waals surface area contributed by atoms with Crippen LogP contribution >= 0.6 is 15.9 Å². The minimum absolute atomic E-state index is 0.548. The molecular formula is C14H11BrO2. The third kappa shape index (κ3) is 2.74. The first-order valence-corrected chi connectivity index (χ1v) is 5.98. The van der Waals surface area contributed by atoms with Crippen molar-refractivity contribution in [1.29, 1.82) is 0 Å². The van der Waals surface area contributed by atoms with Crippen LogP contribution in [0.5, 0.6) is 11.5 Å². The van der Waals surface area contributed by atoms with Crippen molar-refractivity contribution >= 4 is 22.2 Å². The zero-order valence-electron chi connectivity index (χ0n) is 9.31. The molecule has 0 radical (unpaired) electrons. The SMILES string of the molecule is Cc1ccc(Br)cc1Oc1ccccc1C=O. The van der Waals surface area contributed by atoms with Crippen molar-refractivity contribution < 1.29 is 9.53 Å². The number of hydrogen-bond acceptors (Lipinski definition) is 2. The molecule has 0 aromatic heterocycles. The van der Waals surface area contributed by atoms with Crippen molar-refractivity contribution in [2.75, 3.05) is 0 Å². The smallest absolute Gasteiger partial charge is 0.153 e. The molecule has 0 fully saturated rings. The molecule has 3 heteroatoms. The Morgan fingerprint density at radius 3 is 2.65 bits per heavy atom. The Bertz CT molecular complexity index is 550. The second kappa shape index (κ2) is 5.15. The number of aryl methyl sites for hydroxylation is 1.